The maximum atomic E-state index is 13.7. The van der Waals surface area contributed by atoms with Crippen molar-refractivity contribution in [2.45, 2.75) is 76.5 Å². The molecule has 26 heavy (non-hydrogen) atoms. The second-order valence-electron chi connectivity index (χ2n) is 8.55. The van der Waals surface area contributed by atoms with Crippen molar-refractivity contribution in [2.75, 3.05) is 13.7 Å². The van der Waals surface area contributed by atoms with Gasteiger partial charge in [0.2, 0.25) is 0 Å². The van der Waals surface area contributed by atoms with E-state index >= 15 is 0 Å². The number of hydrogen-bond acceptors (Lipinski definition) is 1. The van der Waals surface area contributed by atoms with E-state index in [9.17, 15) is 4.39 Å². The maximum absolute atomic E-state index is 13.7. The van der Waals surface area contributed by atoms with Crippen LogP contribution in [0, 0.1) is 23.6 Å². The van der Waals surface area contributed by atoms with Gasteiger partial charge in [0.15, 0.2) is 0 Å². The Bertz CT molecular complexity index is 545. The fourth-order valence-electron chi connectivity index (χ4n) is 5.32. The van der Waals surface area contributed by atoms with Gasteiger partial charge in [-0.1, -0.05) is 43.4 Å². The highest BCUT2D eigenvalue weighted by molar-refractivity contribution is 6.30. The molecule has 0 radical (unpaired) electrons. The zero-order valence-corrected chi connectivity index (χ0v) is 16.9. The summed E-state index contributed by atoms with van der Waals surface area (Å²) in [6.07, 6.45) is 14.7. The maximum Gasteiger partial charge on any atom is 0.142 e. The Morgan fingerprint density at radius 3 is 2.23 bits per heavy atom. The van der Waals surface area contributed by atoms with Crippen LogP contribution < -0.4 is 0 Å². The topological polar surface area (TPSA) is 9.23 Å². The van der Waals surface area contributed by atoms with E-state index in [1.54, 1.807) is 19.2 Å². The SMILES string of the molecule is COCCCC[C@H]1CC[C@H]([C@H]2CC[C@H](c3ccc(Cl)c(F)c3)CC2)CC1. The highest BCUT2D eigenvalue weighted by Gasteiger charge is 2.31. The summed E-state index contributed by atoms with van der Waals surface area (Å²) in [6.45, 7) is 0.913. The summed E-state index contributed by atoms with van der Waals surface area (Å²) in [4.78, 5) is 0. The minimum Gasteiger partial charge on any atom is -0.385 e. The van der Waals surface area contributed by atoms with Crippen LogP contribution >= 0.6 is 11.6 Å². The van der Waals surface area contributed by atoms with Crippen LogP contribution in [0.15, 0.2) is 18.2 Å². The molecule has 3 heteroatoms. The largest absolute Gasteiger partial charge is 0.385 e. The van der Waals surface area contributed by atoms with Crippen LogP contribution in [-0.4, -0.2) is 13.7 Å². The monoisotopic (exact) mass is 380 g/mol. The number of ether oxygens (including phenoxy) is 1. The number of methoxy groups -OCH3 is 1. The lowest BCUT2D eigenvalue weighted by molar-refractivity contribution is 0.151. The first-order valence-corrected chi connectivity index (χ1v) is 11.0. The molecule has 0 heterocycles. The van der Waals surface area contributed by atoms with Crippen LogP contribution in [0.5, 0.6) is 0 Å². The van der Waals surface area contributed by atoms with Crippen molar-refractivity contribution in [2.24, 2.45) is 17.8 Å². The van der Waals surface area contributed by atoms with Gasteiger partial charge in [-0.15, -0.1) is 0 Å². The quantitative estimate of drug-likeness (QED) is 0.448. The van der Waals surface area contributed by atoms with Crippen LogP contribution in [0.25, 0.3) is 0 Å². The molecule has 2 saturated carbocycles. The predicted molar refractivity (Wildman–Crippen MR) is 107 cm³/mol. The van der Waals surface area contributed by atoms with Gasteiger partial charge in [0.1, 0.15) is 5.82 Å². The lowest BCUT2D eigenvalue weighted by atomic mass is 9.68. The molecule has 146 valence electrons. The molecule has 0 atom stereocenters. The molecule has 0 unspecified atom stereocenters. The van der Waals surface area contributed by atoms with Crippen LogP contribution in [0.1, 0.15) is 82.1 Å². The number of hydrogen-bond donors (Lipinski definition) is 0. The van der Waals surface area contributed by atoms with E-state index in [0.717, 1.165) is 29.9 Å². The molecular weight excluding hydrogens is 347 g/mol. The number of benzene rings is 1. The highest BCUT2D eigenvalue weighted by atomic mass is 35.5. The Hall–Kier alpha value is -0.600. The van der Waals surface area contributed by atoms with Gasteiger partial charge >= 0.3 is 0 Å². The smallest absolute Gasteiger partial charge is 0.142 e. The number of halogens is 2. The van der Waals surface area contributed by atoms with Gasteiger partial charge in [0.25, 0.3) is 0 Å². The fourth-order valence-corrected chi connectivity index (χ4v) is 5.44. The number of unbranched alkanes of at least 4 members (excludes halogenated alkanes) is 1. The van der Waals surface area contributed by atoms with Gasteiger partial charge in [-0.2, -0.15) is 0 Å². The van der Waals surface area contributed by atoms with E-state index in [1.807, 2.05) is 6.07 Å². The van der Waals surface area contributed by atoms with Crippen molar-refractivity contribution < 1.29 is 9.13 Å². The minimum atomic E-state index is -0.268. The van der Waals surface area contributed by atoms with E-state index in [4.69, 9.17) is 16.3 Å². The van der Waals surface area contributed by atoms with Crippen molar-refractivity contribution in [1.82, 2.24) is 0 Å². The lowest BCUT2D eigenvalue weighted by Crippen LogP contribution is -2.25. The fraction of sp³-hybridized carbons (Fsp3) is 0.739. The summed E-state index contributed by atoms with van der Waals surface area (Å²) in [6, 6.07) is 5.39. The molecule has 2 aliphatic rings. The molecule has 0 saturated heterocycles. The molecule has 0 spiro atoms. The summed E-state index contributed by atoms with van der Waals surface area (Å²) < 4.78 is 18.9. The van der Waals surface area contributed by atoms with Crippen molar-refractivity contribution in [3.8, 4) is 0 Å². The predicted octanol–water partition coefficient (Wildman–Crippen LogP) is 7.38. The first-order valence-electron chi connectivity index (χ1n) is 10.6. The van der Waals surface area contributed by atoms with Crippen LogP contribution in [0.3, 0.4) is 0 Å². The second-order valence-corrected chi connectivity index (χ2v) is 8.96. The summed E-state index contributed by atoms with van der Waals surface area (Å²) >= 11 is 5.82. The zero-order chi connectivity index (χ0) is 18.4. The molecule has 2 fully saturated rings. The van der Waals surface area contributed by atoms with Gasteiger partial charge < -0.3 is 4.74 Å². The van der Waals surface area contributed by atoms with Crippen molar-refractivity contribution in [3.63, 3.8) is 0 Å². The van der Waals surface area contributed by atoms with Crippen molar-refractivity contribution in [1.29, 1.82) is 0 Å². The standard InChI is InChI=1S/C23H34ClFO/c1-26-15-3-2-4-17-5-7-18(8-6-17)19-9-11-20(12-10-19)21-13-14-22(24)23(25)16-21/h13-14,16-20H,2-12,15H2,1H3/t17-,18-,19-,20-. The molecule has 0 aromatic heterocycles. The Morgan fingerprint density at radius 1 is 0.962 bits per heavy atom. The molecule has 3 rings (SSSR count). The molecular formula is C23H34ClFO. The van der Waals surface area contributed by atoms with Crippen molar-refractivity contribution in [3.05, 3.63) is 34.6 Å². The summed E-state index contributed by atoms with van der Waals surface area (Å²) in [7, 11) is 1.80. The van der Waals surface area contributed by atoms with Gasteiger partial charge in [-0.05, 0) is 86.3 Å². The van der Waals surface area contributed by atoms with E-state index in [-0.39, 0.29) is 10.8 Å². The van der Waals surface area contributed by atoms with Gasteiger partial charge in [-0.3, -0.25) is 0 Å². The number of rotatable bonds is 7. The van der Waals surface area contributed by atoms with Gasteiger partial charge in [-0.25, -0.2) is 4.39 Å². The Balaban J connectivity index is 1.39. The third-order valence-corrected chi connectivity index (χ3v) is 7.26. The highest BCUT2D eigenvalue weighted by Crippen LogP contribution is 2.44. The lowest BCUT2D eigenvalue weighted by Gasteiger charge is -2.38. The average Bonchev–Trinajstić information content (AvgIpc) is 2.68. The zero-order valence-electron chi connectivity index (χ0n) is 16.2. The Kier molecular flexibility index (Phi) is 7.81. The Morgan fingerprint density at radius 2 is 1.62 bits per heavy atom. The first kappa shape index (κ1) is 20.1. The van der Waals surface area contributed by atoms with Crippen LogP contribution in [0.4, 0.5) is 4.39 Å². The molecule has 1 aromatic rings. The molecule has 2 aliphatic carbocycles. The first-order chi connectivity index (χ1) is 12.7. The van der Waals surface area contributed by atoms with Crippen molar-refractivity contribution >= 4 is 11.6 Å². The third kappa shape index (κ3) is 5.45. The third-order valence-electron chi connectivity index (χ3n) is 6.96. The van der Waals surface area contributed by atoms with E-state index in [2.05, 4.69) is 0 Å². The van der Waals surface area contributed by atoms with Crippen LogP contribution in [0.2, 0.25) is 5.02 Å². The van der Waals surface area contributed by atoms with Gasteiger partial charge in [0, 0.05) is 13.7 Å². The normalized spacial score (nSPS) is 29.7. The molecule has 0 bridgehead atoms. The minimum absolute atomic E-state index is 0.237. The molecule has 0 N–H and O–H groups in total. The van der Waals surface area contributed by atoms with E-state index in [1.165, 1.54) is 70.6 Å². The van der Waals surface area contributed by atoms with Crippen LogP contribution in [-0.2, 0) is 4.74 Å². The average molecular weight is 381 g/mol. The molecule has 0 amide bonds. The second kappa shape index (κ2) is 10.1. The summed E-state index contributed by atoms with van der Waals surface area (Å²) in [5, 5.41) is 0.237. The van der Waals surface area contributed by atoms with E-state index < -0.39 is 0 Å². The molecule has 1 nitrogen and oxygen atoms in total. The molecule has 0 aliphatic heterocycles. The molecule has 1 aromatic carbocycles. The Labute approximate surface area is 163 Å². The summed E-state index contributed by atoms with van der Waals surface area (Å²) in [5.74, 6) is 3.05. The van der Waals surface area contributed by atoms with E-state index in [0.29, 0.717) is 5.92 Å². The van der Waals surface area contributed by atoms with Gasteiger partial charge in [0.05, 0.1) is 5.02 Å². The summed E-state index contributed by atoms with van der Waals surface area (Å²) in [5.41, 5.74) is 1.14.